The Morgan fingerprint density at radius 1 is 1.00 bits per heavy atom. The van der Waals surface area contributed by atoms with Crippen molar-refractivity contribution in [3.05, 3.63) is 59.7 Å². The van der Waals surface area contributed by atoms with Gasteiger partial charge < -0.3 is 9.47 Å². The van der Waals surface area contributed by atoms with Crippen LogP contribution in [0, 0.1) is 0 Å². The van der Waals surface area contributed by atoms with Gasteiger partial charge in [-0.15, -0.1) is 0 Å². The summed E-state index contributed by atoms with van der Waals surface area (Å²) in [6, 6.07) is 14.3. The molecule has 0 spiro atoms. The molecule has 0 heterocycles. The molecule has 0 aliphatic heterocycles. The largest absolute Gasteiger partial charge is 0.462 e. The molecule has 0 aliphatic carbocycles. The Kier molecular flexibility index (Phi) is 8.91. The van der Waals surface area contributed by atoms with Gasteiger partial charge in [-0.05, 0) is 42.7 Å². The van der Waals surface area contributed by atoms with Crippen molar-refractivity contribution in [2.75, 3.05) is 0 Å². The zero-order chi connectivity index (χ0) is 21.2. The predicted molar refractivity (Wildman–Crippen MR) is 117 cm³/mol. The predicted octanol–water partition coefficient (Wildman–Crippen LogP) is 6.29. The van der Waals surface area contributed by atoms with Gasteiger partial charge in [0.15, 0.2) is 0 Å². The summed E-state index contributed by atoms with van der Waals surface area (Å²) in [4.78, 5) is 24.0. The van der Waals surface area contributed by atoms with Gasteiger partial charge in [0.1, 0.15) is 12.2 Å². The summed E-state index contributed by atoms with van der Waals surface area (Å²) in [5, 5.41) is 2.27. The molecule has 0 radical (unpaired) electrons. The molecule has 0 fully saturated rings. The Labute approximate surface area is 173 Å². The molecule has 0 bridgehead atoms. The molecule has 2 aromatic rings. The van der Waals surface area contributed by atoms with Gasteiger partial charge in [0.25, 0.3) is 0 Å². The van der Waals surface area contributed by atoms with Crippen LogP contribution in [0.25, 0.3) is 10.8 Å². The van der Waals surface area contributed by atoms with Gasteiger partial charge in [-0.1, -0.05) is 67.8 Å². The molecule has 2 atom stereocenters. The fraction of sp³-hybridized carbons (Fsp3) is 0.440. The summed E-state index contributed by atoms with van der Waals surface area (Å²) in [6.45, 7) is 7.50. The lowest BCUT2D eigenvalue weighted by Gasteiger charge is -2.21. The third kappa shape index (κ3) is 7.72. The number of hydrogen-bond donors (Lipinski definition) is 0. The Balaban J connectivity index is 2.16. The van der Waals surface area contributed by atoms with Crippen molar-refractivity contribution in [3.8, 4) is 0 Å². The van der Waals surface area contributed by atoms with E-state index in [0.29, 0.717) is 12.8 Å². The lowest BCUT2D eigenvalue weighted by Crippen LogP contribution is -2.23. The molecule has 4 nitrogen and oxygen atoms in total. The van der Waals surface area contributed by atoms with Crippen LogP contribution in [0.4, 0.5) is 0 Å². The zero-order valence-corrected chi connectivity index (χ0v) is 17.9. The second-order valence-corrected chi connectivity index (χ2v) is 7.68. The van der Waals surface area contributed by atoms with E-state index in [0.717, 1.165) is 29.2 Å². The van der Waals surface area contributed by atoms with Crippen molar-refractivity contribution in [2.45, 2.75) is 72.0 Å². The van der Waals surface area contributed by atoms with E-state index in [1.54, 1.807) is 0 Å². The third-order valence-electron chi connectivity index (χ3n) is 4.77. The number of allylic oxidation sites excluding steroid dienone is 1. The Morgan fingerprint density at radius 2 is 1.72 bits per heavy atom. The maximum Gasteiger partial charge on any atom is 0.310 e. The molecule has 29 heavy (non-hydrogen) atoms. The van der Waals surface area contributed by atoms with Crippen LogP contribution in [0.5, 0.6) is 0 Å². The number of esters is 2. The Hall–Kier alpha value is -2.62. The number of fused-ring (bicyclic) bond motifs is 1. The van der Waals surface area contributed by atoms with Gasteiger partial charge >= 0.3 is 11.9 Å². The number of hydrogen-bond acceptors (Lipinski definition) is 4. The van der Waals surface area contributed by atoms with Crippen molar-refractivity contribution in [3.63, 3.8) is 0 Å². The molecule has 0 aliphatic rings. The molecular weight excluding hydrogens is 364 g/mol. The molecule has 0 aromatic heterocycles. The van der Waals surface area contributed by atoms with Crippen molar-refractivity contribution in [2.24, 2.45) is 0 Å². The maximum absolute atomic E-state index is 12.7. The van der Waals surface area contributed by atoms with Crippen LogP contribution in [0.3, 0.4) is 0 Å². The molecule has 0 saturated heterocycles. The van der Waals surface area contributed by atoms with Crippen LogP contribution < -0.4 is 0 Å². The van der Waals surface area contributed by atoms with Crippen LogP contribution in [-0.4, -0.2) is 18.0 Å². The van der Waals surface area contributed by atoms with E-state index in [1.807, 2.05) is 32.0 Å². The topological polar surface area (TPSA) is 52.6 Å². The standard InChI is InChI=1S/C25H32O4/c1-5-6-11-23(28-19(4)26)17-25(27)29-24(15-12-18(2)3)22-14-13-20-9-7-8-10-21(20)16-22/h7-10,12-14,16,23-24H,5-6,11,15,17H2,1-4H3. The number of carbonyl (C=O) groups is 2. The minimum atomic E-state index is -0.430. The molecule has 2 unspecified atom stereocenters. The monoisotopic (exact) mass is 396 g/mol. The first-order chi connectivity index (χ1) is 13.9. The summed E-state index contributed by atoms with van der Waals surface area (Å²) in [5.41, 5.74) is 2.14. The first-order valence-corrected chi connectivity index (χ1v) is 10.4. The third-order valence-corrected chi connectivity index (χ3v) is 4.77. The molecule has 2 rings (SSSR count). The zero-order valence-electron chi connectivity index (χ0n) is 17.9. The highest BCUT2D eigenvalue weighted by Gasteiger charge is 2.21. The summed E-state index contributed by atoms with van der Waals surface area (Å²) >= 11 is 0. The molecule has 0 saturated carbocycles. The van der Waals surface area contributed by atoms with Crippen LogP contribution >= 0.6 is 0 Å². The van der Waals surface area contributed by atoms with Gasteiger partial charge in [-0.25, -0.2) is 0 Å². The van der Waals surface area contributed by atoms with E-state index < -0.39 is 6.10 Å². The van der Waals surface area contributed by atoms with E-state index in [9.17, 15) is 9.59 Å². The number of ether oxygens (including phenoxy) is 2. The minimum absolute atomic E-state index is 0.0818. The minimum Gasteiger partial charge on any atom is -0.462 e. The maximum atomic E-state index is 12.7. The average Bonchev–Trinajstić information content (AvgIpc) is 2.68. The van der Waals surface area contributed by atoms with Crippen molar-refractivity contribution >= 4 is 22.7 Å². The molecule has 4 heteroatoms. The van der Waals surface area contributed by atoms with Crippen molar-refractivity contribution < 1.29 is 19.1 Å². The lowest BCUT2D eigenvalue weighted by molar-refractivity contribution is -0.157. The average molecular weight is 397 g/mol. The lowest BCUT2D eigenvalue weighted by atomic mass is 10.0. The summed E-state index contributed by atoms with van der Waals surface area (Å²) < 4.78 is 11.2. The number of unbranched alkanes of at least 4 members (excludes halogenated alkanes) is 1. The molecule has 2 aromatic carbocycles. The second-order valence-electron chi connectivity index (χ2n) is 7.68. The molecular formula is C25H32O4. The van der Waals surface area contributed by atoms with E-state index in [1.165, 1.54) is 12.5 Å². The van der Waals surface area contributed by atoms with Crippen LogP contribution in [0.1, 0.15) is 71.5 Å². The second kappa shape index (κ2) is 11.4. The number of rotatable bonds is 10. The van der Waals surface area contributed by atoms with E-state index in [2.05, 4.69) is 37.3 Å². The smallest absolute Gasteiger partial charge is 0.310 e. The summed E-state index contributed by atoms with van der Waals surface area (Å²) in [5.74, 6) is -0.706. The first kappa shape index (κ1) is 22.7. The normalized spacial score (nSPS) is 12.8. The van der Waals surface area contributed by atoms with Crippen LogP contribution in [0.2, 0.25) is 0 Å². The van der Waals surface area contributed by atoms with E-state index in [-0.39, 0.29) is 24.5 Å². The number of benzene rings is 2. The van der Waals surface area contributed by atoms with Gasteiger partial charge in [0.2, 0.25) is 0 Å². The van der Waals surface area contributed by atoms with Gasteiger partial charge in [-0.3, -0.25) is 9.59 Å². The van der Waals surface area contributed by atoms with Crippen LogP contribution in [-0.2, 0) is 19.1 Å². The molecule has 0 N–H and O–H groups in total. The fourth-order valence-electron chi connectivity index (χ4n) is 3.26. The Bertz CT molecular complexity index is 849. The highest BCUT2D eigenvalue weighted by atomic mass is 16.6. The van der Waals surface area contributed by atoms with Gasteiger partial charge in [0.05, 0.1) is 6.42 Å². The SMILES string of the molecule is CCCCC(CC(=O)OC(CC=C(C)C)c1ccc2ccccc2c1)OC(C)=O. The van der Waals surface area contributed by atoms with Crippen molar-refractivity contribution in [1.82, 2.24) is 0 Å². The van der Waals surface area contributed by atoms with Gasteiger partial charge in [-0.2, -0.15) is 0 Å². The van der Waals surface area contributed by atoms with E-state index >= 15 is 0 Å². The molecule has 0 amide bonds. The summed E-state index contributed by atoms with van der Waals surface area (Å²) in [7, 11) is 0. The highest BCUT2D eigenvalue weighted by Crippen LogP contribution is 2.27. The van der Waals surface area contributed by atoms with Crippen LogP contribution in [0.15, 0.2) is 54.1 Å². The molecule has 156 valence electrons. The fourth-order valence-corrected chi connectivity index (χ4v) is 3.26. The first-order valence-electron chi connectivity index (χ1n) is 10.4. The highest BCUT2D eigenvalue weighted by molar-refractivity contribution is 5.83. The Morgan fingerprint density at radius 3 is 2.38 bits per heavy atom. The van der Waals surface area contributed by atoms with E-state index in [4.69, 9.17) is 9.47 Å². The van der Waals surface area contributed by atoms with Crippen molar-refractivity contribution in [1.29, 1.82) is 0 Å². The quantitative estimate of drug-likeness (QED) is 0.350. The van der Waals surface area contributed by atoms with Gasteiger partial charge in [0, 0.05) is 13.3 Å². The summed E-state index contributed by atoms with van der Waals surface area (Å²) in [6.07, 6.45) is 4.52. The number of carbonyl (C=O) groups excluding carboxylic acids is 2.